The summed E-state index contributed by atoms with van der Waals surface area (Å²) in [6, 6.07) is 14.2. The molecule has 0 heterocycles. The van der Waals surface area contributed by atoms with E-state index in [0.717, 1.165) is 5.69 Å². The maximum absolute atomic E-state index is 12.8. The van der Waals surface area contributed by atoms with Crippen LogP contribution in [-0.4, -0.2) is 32.1 Å². The largest absolute Gasteiger partial charge is 0.493 e. The molecule has 0 aliphatic rings. The molecule has 0 spiro atoms. The molecule has 0 aliphatic carbocycles. The van der Waals surface area contributed by atoms with Crippen molar-refractivity contribution < 1.29 is 19.1 Å². The number of carbonyl (C=O) groups is 2. The third-order valence-electron chi connectivity index (χ3n) is 3.41. The molecule has 0 atom stereocenters. The first kappa shape index (κ1) is 17.3. The molecule has 2 amide bonds. The molecule has 0 saturated heterocycles. The average molecular weight is 328 g/mol. The van der Waals surface area contributed by atoms with Crippen molar-refractivity contribution in [1.29, 1.82) is 0 Å². The highest BCUT2D eigenvalue weighted by atomic mass is 16.5. The van der Waals surface area contributed by atoms with Gasteiger partial charge in [-0.1, -0.05) is 18.2 Å². The van der Waals surface area contributed by atoms with Crippen LogP contribution in [0, 0.1) is 0 Å². The van der Waals surface area contributed by atoms with Crippen LogP contribution in [0.1, 0.15) is 17.3 Å². The number of carbonyl (C=O) groups excluding carboxylic acids is 2. The fourth-order valence-corrected chi connectivity index (χ4v) is 2.28. The minimum absolute atomic E-state index is 0.150. The first-order valence-electron chi connectivity index (χ1n) is 7.52. The van der Waals surface area contributed by atoms with E-state index in [0.29, 0.717) is 23.6 Å². The molecule has 2 N–H and O–H groups in total. The summed E-state index contributed by atoms with van der Waals surface area (Å²) in [5, 5.41) is 0. The Morgan fingerprint density at radius 1 is 1.08 bits per heavy atom. The summed E-state index contributed by atoms with van der Waals surface area (Å²) in [5.41, 5.74) is 6.35. The van der Waals surface area contributed by atoms with E-state index in [1.807, 2.05) is 37.3 Å². The Labute approximate surface area is 140 Å². The number of methoxy groups -OCH3 is 1. The van der Waals surface area contributed by atoms with E-state index < -0.39 is 5.91 Å². The lowest BCUT2D eigenvalue weighted by atomic mass is 10.1. The van der Waals surface area contributed by atoms with Crippen LogP contribution < -0.4 is 20.1 Å². The zero-order valence-corrected chi connectivity index (χ0v) is 13.7. The zero-order chi connectivity index (χ0) is 17.5. The van der Waals surface area contributed by atoms with Crippen LogP contribution in [0.15, 0.2) is 48.5 Å². The number of ether oxygens (including phenoxy) is 2. The number of primary amides is 1. The number of anilines is 1. The second kappa shape index (κ2) is 8.01. The molecule has 0 aromatic heterocycles. The molecule has 0 fully saturated rings. The quantitative estimate of drug-likeness (QED) is 0.845. The maximum Gasteiger partial charge on any atom is 0.258 e. The highest BCUT2D eigenvalue weighted by Gasteiger charge is 2.18. The van der Waals surface area contributed by atoms with Gasteiger partial charge in [-0.15, -0.1) is 0 Å². The summed E-state index contributed by atoms with van der Waals surface area (Å²) >= 11 is 0. The van der Waals surface area contributed by atoms with Crippen molar-refractivity contribution in [3.05, 3.63) is 54.1 Å². The Balaban J connectivity index is 2.27. The minimum atomic E-state index is -0.585. The van der Waals surface area contributed by atoms with E-state index in [9.17, 15) is 9.59 Å². The summed E-state index contributed by atoms with van der Waals surface area (Å²) in [4.78, 5) is 25.3. The molecule has 2 rings (SSSR count). The van der Waals surface area contributed by atoms with Crippen molar-refractivity contribution in [1.82, 2.24) is 0 Å². The summed E-state index contributed by atoms with van der Waals surface area (Å²) < 4.78 is 10.5. The van der Waals surface area contributed by atoms with Crippen LogP contribution in [-0.2, 0) is 4.79 Å². The highest BCUT2D eigenvalue weighted by Crippen LogP contribution is 2.29. The Morgan fingerprint density at radius 3 is 2.38 bits per heavy atom. The van der Waals surface area contributed by atoms with Gasteiger partial charge < -0.3 is 20.1 Å². The van der Waals surface area contributed by atoms with E-state index in [-0.39, 0.29) is 12.5 Å². The van der Waals surface area contributed by atoms with Gasteiger partial charge in [0, 0.05) is 17.8 Å². The molecule has 6 nitrogen and oxygen atoms in total. The number of rotatable bonds is 7. The molecule has 2 aromatic carbocycles. The normalized spacial score (nSPS) is 10.1. The first-order valence-corrected chi connectivity index (χ1v) is 7.52. The predicted molar refractivity (Wildman–Crippen MR) is 91.5 cm³/mol. The molecule has 0 saturated carbocycles. The van der Waals surface area contributed by atoms with E-state index in [1.54, 1.807) is 23.1 Å². The van der Waals surface area contributed by atoms with Crippen molar-refractivity contribution in [2.75, 3.05) is 25.2 Å². The van der Waals surface area contributed by atoms with Gasteiger partial charge >= 0.3 is 0 Å². The van der Waals surface area contributed by atoms with Crippen molar-refractivity contribution in [3.63, 3.8) is 0 Å². The number of hydrogen-bond donors (Lipinski definition) is 1. The number of nitrogens with two attached hydrogens (primary N) is 1. The fraction of sp³-hybridized carbons (Fsp3) is 0.222. The van der Waals surface area contributed by atoms with Crippen LogP contribution in [0.25, 0.3) is 0 Å². The van der Waals surface area contributed by atoms with Gasteiger partial charge in [0.2, 0.25) is 0 Å². The molecule has 2 aromatic rings. The molecule has 0 aliphatic heterocycles. The van der Waals surface area contributed by atoms with Crippen LogP contribution in [0.4, 0.5) is 5.69 Å². The lowest BCUT2D eigenvalue weighted by molar-refractivity contribution is -0.119. The summed E-state index contributed by atoms with van der Waals surface area (Å²) in [7, 11) is 1.47. The van der Waals surface area contributed by atoms with Crippen molar-refractivity contribution in [3.8, 4) is 11.5 Å². The predicted octanol–water partition coefficient (Wildman–Crippen LogP) is 2.23. The monoisotopic (exact) mass is 328 g/mol. The van der Waals surface area contributed by atoms with E-state index >= 15 is 0 Å². The molecular formula is C18H20N2O4. The van der Waals surface area contributed by atoms with E-state index in [2.05, 4.69) is 0 Å². The molecule has 0 bridgehead atoms. The summed E-state index contributed by atoms with van der Waals surface area (Å²) in [6.45, 7) is 2.19. The molecule has 0 radical (unpaired) electrons. The van der Waals surface area contributed by atoms with Gasteiger partial charge in [0.15, 0.2) is 18.1 Å². The first-order chi connectivity index (χ1) is 11.6. The van der Waals surface area contributed by atoms with Gasteiger partial charge in [0.05, 0.1) is 7.11 Å². The summed E-state index contributed by atoms with van der Waals surface area (Å²) in [5.74, 6) is -0.0104. The topological polar surface area (TPSA) is 81.9 Å². The maximum atomic E-state index is 12.8. The Bertz CT molecular complexity index is 716. The smallest absolute Gasteiger partial charge is 0.258 e. The SMILES string of the molecule is CCN(C(=O)c1ccc(OCC(N)=O)c(OC)c1)c1ccccc1. The lowest BCUT2D eigenvalue weighted by Gasteiger charge is -2.21. The third-order valence-corrected chi connectivity index (χ3v) is 3.41. The molecule has 24 heavy (non-hydrogen) atoms. The van der Waals surface area contributed by atoms with Gasteiger partial charge in [-0.05, 0) is 37.3 Å². The fourth-order valence-electron chi connectivity index (χ4n) is 2.28. The standard InChI is InChI=1S/C18H20N2O4/c1-3-20(14-7-5-4-6-8-14)18(22)13-9-10-15(16(11-13)23-2)24-12-17(19)21/h4-11H,3,12H2,1-2H3,(H2,19,21). The van der Waals surface area contributed by atoms with Gasteiger partial charge in [0.1, 0.15) is 0 Å². The Hall–Kier alpha value is -3.02. The minimum Gasteiger partial charge on any atom is -0.493 e. The molecule has 6 heteroatoms. The number of para-hydroxylation sites is 1. The van der Waals surface area contributed by atoms with E-state index in [1.165, 1.54) is 7.11 Å². The van der Waals surface area contributed by atoms with Gasteiger partial charge in [-0.2, -0.15) is 0 Å². The van der Waals surface area contributed by atoms with E-state index in [4.69, 9.17) is 15.2 Å². The van der Waals surface area contributed by atoms with Crippen molar-refractivity contribution in [2.24, 2.45) is 5.73 Å². The Kier molecular flexibility index (Phi) is 5.78. The van der Waals surface area contributed by atoms with Gasteiger partial charge in [-0.3, -0.25) is 9.59 Å². The number of benzene rings is 2. The number of hydrogen-bond acceptors (Lipinski definition) is 4. The van der Waals surface area contributed by atoms with Gasteiger partial charge in [-0.25, -0.2) is 0 Å². The highest BCUT2D eigenvalue weighted by molar-refractivity contribution is 6.06. The number of nitrogens with zero attached hydrogens (tertiary/aromatic N) is 1. The molecular weight excluding hydrogens is 308 g/mol. The van der Waals surface area contributed by atoms with Crippen LogP contribution in [0.3, 0.4) is 0 Å². The molecule has 0 unspecified atom stereocenters. The van der Waals surface area contributed by atoms with Crippen molar-refractivity contribution in [2.45, 2.75) is 6.92 Å². The molecule has 126 valence electrons. The third kappa shape index (κ3) is 4.04. The lowest BCUT2D eigenvalue weighted by Crippen LogP contribution is -2.30. The van der Waals surface area contributed by atoms with Crippen LogP contribution in [0.2, 0.25) is 0 Å². The second-order valence-electron chi connectivity index (χ2n) is 5.01. The van der Waals surface area contributed by atoms with Crippen LogP contribution in [0.5, 0.6) is 11.5 Å². The zero-order valence-electron chi connectivity index (χ0n) is 13.7. The second-order valence-corrected chi connectivity index (χ2v) is 5.01. The average Bonchev–Trinajstić information content (AvgIpc) is 2.61. The van der Waals surface area contributed by atoms with Crippen molar-refractivity contribution >= 4 is 17.5 Å². The van der Waals surface area contributed by atoms with Crippen LogP contribution >= 0.6 is 0 Å². The number of amides is 2. The Morgan fingerprint density at radius 2 is 1.79 bits per heavy atom. The van der Waals surface area contributed by atoms with Gasteiger partial charge in [0.25, 0.3) is 11.8 Å². The summed E-state index contributed by atoms with van der Waals surface area (Å²) in [6.07, 6.45) is 0.